The van der Waals surface area contributed by atoms with Crippen LogP contribution >= 0.6 is 0 Å². The summed E-state index contributed by atoms with van der Waals surface area (Å²) in [6, 6.07) is 7.78. The second-order valence-electron chi connectivity index (χ2n) is 6.27. The van der Waals surface area contributed by atoms with Crippen LogP contribution in [0.1, 0.15) is 37.5 Å². The summed E-state index contributed by atoms with van der Waals surface area (Å²) < 4.78 is 11.1. The molecule has 0 aromatic heterocycles. The van der Waals surface area contributed by atoms with Gasteiger partial charge in [0.15, 0.2) is 6.10 Å². The molecule has 1 aromatic rings. The number of hydrogen-bond acceptors (Lipinski definition) is 4. The Bertz CT molecular complexity index is 589. The fourth-order valence-electron chi connectivity index (χ4n) is 2.97. The molecule has 6 heteroatoms. The average molecular weight is 349 g/mol. The number of benzene rings is 1. The van der Waals surface area contributed by atoms with E-state index in [0.29, 0.717) is 32.8 Å². The van der Waals surface area contributed by atoms with E-state index >= 15 is 0 Å². The highest BCUT2D eigenvalue weighted by atomic mass is 16.5. The number of carboxylic acids is 1. The van der Waals surface area contributed by atoms with Crippen LogP contribution < -0.4 is 0 Å². The van der Waals surface area contributed by atoms with E-state index in [1.54, 1.807) is 11.8 Å². The second kappa shape index (κ2) is 9.53. The van der Waals surface area contributed by atoms with Crippen LogP contribution in [0.2, 0.25) is 0 Å². The van der Waals surface area contributed by atoms with Gasteiger partial charge in [-0.2, -0.15) is 0 Å². The van der Waals surface area contributed by atoms with Gasteiger partial charge < -0.3 is 19.5 Å². The van der Waals surface area contributed by atoms with Gasteiger partial charge in [-0.1, -0.05) is 31.2 Å². The highest BCUT2D eigenvalue weighted by molar-refractivity contribution is 5.83. The Morgan fingerprint density at radius 1 is 1.40 bits per heavy atom. The maximum absolute atomic E-state index is 13.1. The van der Waals surface area contributed by atoms with Crippen molar-refractivity contribution in [3.63, 3.8) is 0 Å². The van der Waals surface area contributed by atoms with Gasteiger partial charge in [-0.05, 0) is 30.9 Å². The molecule has 25 heavy (non-hydrogen) atoms. The van der Waals surface area contributed by atoms with Crippen molar-refractivity contribution in [2.75, 3.05) is 32.9 Å². The predicted octanol–water partition coefficient (Wildman–Crippen LogP) is 2.28. The number of nitrogens with zero attached hydrogens (tertiary/aromatic N) is 1. The normalized spacial score (nSPS) is 17.6. The van der Waals surface area contributed by atoms with E-state index in [1.807, 2.05) is 31.2 Å². The molecule has 2 atom stereocenters. The Hall–Kier alpha value is -1.92. The number of carboxylic acid groups (broad SMARTS) is 1. The van der Waals surface area contributed by atoms with Crippen molar-refractivity contribution in [1.82, 2.24) is 4.90 Å². The maximum atomic E-state index is 13.1. The van der Waals surface area contributed by atoms with E-state index in [0.717, 1.165) is 17.5 Å². The van der Waals surface area contributed by atoms with Gasteiger partial charge in [0, 0.05) is 26.3 Å². The van der Waals surface area contributed by atoms with Gasteiger partial charge in [0.1, 0.15) is 0 Å². The number of carbonyl (C=O) groups is 2. The van der Waals surface area contributed by atoms with Gasteiger partial charge in [-0.25, -0.2) is 0 Å². The van der Waals surface area contributed by atoms with Crippen molar-refractivity contribution in [2.45, 2.75) is 32.8 Å². The largest absolute Gasteiger partial charge is 0.481 e. The minimum Gasteiger partial charge on any atom is -0.481 e. The second-order valence-corrected chi connectivity index (χ2v) is 6.27. The van der Waals surface area contributed by atoms with E-state index in [4.69, 9.17) is 9.47 Å². The summed E-state index contributed by atoms with van der Waals surface area (Å²) in [5.41, 5.74) is 2.00. The molecule has 0 fully saturated rings. The van der Waals surface area contributed by atoms with E-state index in [1.165, 1.54) is 0 Å². The first-order valence-electron chi connectivity index (χ1n) is 8.83. The number of fused-ring (bicyclic) bond motifs is 1. The van der Waals surface area contributed by atoms with Crippen LogP contribution in [0.15, 0.2) is 24.3 Å². The van der Waals surface area contributed by atoms with E-state index in [9.17, 15) is 14.7 Å². The molecule has 0 saturated carbocycles. The van der Waals surface area contributed by atoms with Gasteiger partial charge in [-0.15, -0.1) is 0 Å². The lowest BCUT2D eigenvalue weighted by Crippen LogP contribution is -2.42. The minimum atomic E-state index is -0.910. The van der Waals surface area contributed by atoms with Crippen LogP contribution in [-0.2, 0) is 25.5 Å². The first-order valence-corrected chi connectivity index (χ1v) is 8.83. The summed E-state index contributed by atoms with van der Waals surface area (Å²) in [5, 5.41) is 9.20. The molecule has 1 heterocycles. The zero-order valence-electron chi connectivity index (χ0n) is 14.9. The molecule has 1 N–H and O–H groups in total. The molecule has 0 saturated heterocycles. The highest BCUT2D eigenvalue weighted by Crippen LogP contribution is 2.29. The molecule has 2 unspecified atom stereocenters. The van der Waals surface area contributed by atoms with Gasteiger partial charge in [0.05, 0.1) is 12.5 Å². The first-order chi connectivity index (χ1) is 12.0. The van der Waals surface area contributed by atoms with E-state index < -0.39 is 18.0 Å². The van der Waals surface area contributed by atoms with Gasteiger partial charge >= 0.3 is 5.97 Å². The number of ether oxygens (including phenoxy) is 2. The Kier molecular flexibility index (Phi) is 7.40. The third-order valence-electron chi connectivity index (χ3n) is 4.37. The van der Waals surface area contributed by atoms with Crippen LogP contribution in [-0.4, -0.2) is 54.8 Å². The molecule has 1 aliphatic rings. The molecular weight excluding hydrogens is 322 g/mol. The van der Waals surface area contributed by atoms with Crippen LogP contribution in [0.4, 0.5) is 0 Å². The maximum Gasteiger partial charge on any atom is 0.308 e. The quantitative estimate of drug-likeness (QED) is 0.692. The van der Waals surface area contributed by atoms with Gasteiger partial charge in [0.2, 0.25) is 0 Å². The summed E-state index contributed by atoms with van der Waals surface area (Å²) in [5.74, 6) is -1.71. The Morgan fingerprint density at radius 2 is 2.16 bits per heavy atom. The summed E-state index contributed by atoms with van der Waals surface area (Å²) in [4.78, 5) is 25.9. The zero-order chi connectivity index (χ0) is 18.2. The molecule has 0 spiro atoms. The van der Waals surface area contributed by atoms with Gasteiger partial charge in [-0.3, -0.25) is 9.59 Å². The van der Waals surface area contributed by atoms with Crippen molar-refractivity contribution >= 4 is 11.9 Å². The molecule has 2 rings (SSSR count). The Labute approximate surface area is 148 Å². The van der Waals surface area contributed by atoms with Crippen LogP contribution in [0.3, 0.4) is 0 Å². The van der Waals surface area contributed by atoms with Crippen molar-refractivity contribution < 1.29 is 24.2 Å². The van der Waals surface area contributed by atoms with Crippen LogP contribution in [0, 0.1) is 5.92 Å². The van der Waals surface area contributed by atoms with Gasteiger partial charge in [0.25, 0.3) is 5.91 Å². The standard InChI is InChI=1S/C19H27NO5/c1-3-24-11-6-10-20(13-14(2)19(22)23)18(21)17-16-8-5-4-7-15(16)9-12-25-17/h4-5,7-8,14,17H,3,6,9-13H2,1-2H3,(H,22,23). The molecule has 0 bridgehead atoms. The van der Waals surface area contributed by atoms with Crippen LogP contribution in [0.5, 0.6) is 0 Å². The number of carbonyl (C=O) groups excluding carboxylic acids is 1. The molecule has 138 valence electrons. The lowest BCUT2D eigenvalue weighted by molar-refractivity contribution is -0.148. The number of rotatable bonds is 9. The first kappa shape index (κ1) is 19.4. The lowest BCUT2D eigenvalue weighted by atomic mass is 9.96. The molecule has 1 aromatic carbocycles. The van der Waals surface area contributed by atoms with Crippen molar-refractivity contribution in [1.29, 1.82) is 0 Å². The molecule has 1 amide bonds. The Morgan fingerprint density at radius 3 is 2.88 bits per heavy atom. The van der Waals surface area contributed by atoms with Crippen molar-refractivity contribution in [2.24, 2.45) is 5.92 Å². The average Bonchev–Trinajstić information content (AvgIpc) is 2.63. The summed E-state index contributed by atoms with van der Waals surface area (Å²) in [6.07, 6.45) is 0.800. The van der Waals surface area contributed by atoms with Crippen molar-refractivity contribution in [3.05, 3.63) is 35.4 Å². The third kappa shape index (κ3) is 5.28. The number of hydrogen-bond donors (Lipinski definition) is 1. The van der Waals surface area contributed by atoms with E-state index in [2.05, 4.69) is 0 Å². The fourth-order valence-corrected chi connectivity index (χ4v) is 2.97. The monoisotopic (exact) mass is 349 g/mol. The number of aliphatic carboxylic acids is 1. The molecular formula is C19H27NO5. The lowest BCUT2D eigenvalue weighted by Gasteiger charge is -2.32. The molecule has 0 radical (unpaired) electrons. The molecule has 1 aliphatic heterocycles. The van der Waals surface area contributed by atoms with E-state index in [-0.39, 0.29) is 12.5 Å². The molecule has 6 nitrogen and oxygen atoms in total. The predicted molar refractivity (Wildman–Crippen MR) is 93.3 cm³/mol. The minimum absolute atomic E-state index is 0.169. The van der Waals surface area contributed by atoms with Crippen LogP contribution in [0.25, 0.3) is 0 Å². The molecule has 0 aliphatic carbocycles. The third-order valence-corrected chi connectivity index (χ3v) is 4.37. The van der Waals surface area contributed by atoms with Crippen molar-refractivity contribution in [3.8, 4) is 0 Å². The topological polar surface area (TPSA) is 76.1 Å². The Balaban J connectivity index is 2.12. The summed E-state index contributed by atoms with van der Waals surface area (Å²) in [7, 11) is 0. The highest BCUT2D eigenvalue weighted by Gasteiger charge is 2.32. The SMILES string of the molecule is CCOCCCN(CC(C)C(=O)O)C(=O)C1OCCc2ccccc21. The smallest absolute Gasteiger partial charge is 0.308 e. The summed E-state index contributed by atoms with van der Waals surface area (Å²) >= 11 is 0. The zero-order valence-corrected chi connectivity index (χ0v) is 14.9. The fraction of sp³-hybridized carbons (Fsp3) is 0.579. The number of amides is 1. The summed E-state index contributed by atoms with van der Waals surface area (Å²) in [6.45, 7) is 5.82.